The average Bonchev–Trinajstić information content (AvgIpc) is 3.04. The molecule has 8 nitrogen and oxygen atoms in total. The second kappa shape index (κ2) is 10.0. The first-order valence-electron chi connectivity index (χ1n) is 10.8. The van der Waals surface area contributed by atoms with E-state index in [2.05, 4.69) is 0 Å². The van der Waals surface area contributed by atoms with Crippen LogP contribution in [-0.2, 0) is 19.6 Å². The van der Waals surface area contributed by atoms with E-state index in [4.69, 9.17) is 0 Å². The van der Waals surface area contributed by atoms with Crippen molar-refractivity contribution in [3.63, 3.8) is 0 Å². The van der Waals surface area contributed by atoms with Gasteiger partial charge in [-0.15, -0.1) is 0 Å². The molecule has 2 aromatic carbocycles. The summed E-state index contributed by atoms with van der Waals surface area (Å²) >= 11 is 0. The van der Waals surface area contributed by atoms with E-state index in [1.54, 1.807) is 0 Å². The smallest absolute Gasteiger partial charge is 0.295 e. The van der Waals surface area contributed by atoms with Gasteiger partial charge in [0.25, 0.3) is 11.7 Å². The number of carbonyl (C=O) groups excluding carboxylic acids is 2. The number of hydrogen-bond acceptors (Lipinski definition) is 5. The predicted molar refractivity (Wildman–Crippen MR) is 125 cm³/mol. The van der Waals surface area contributed by atoms with Gasteiger partial charge in [-0.1, -0.05) is 12.1 Å². The molecular formula is C24H29FN3O5S+. The Morgan fingerprint density at radius 1 is 1.06 bits per heavy atom. The Hall–Kier alpha value is -3.08. The molecule has 0 radical (unpaired) electrons. The van der Waals surface area contributed by atoms with Crippen LogP contribution in [-0.4, -0.2) is 75.7 Å². The van der Waals surface area contributed by atoms with Crippen molar-refractivity contribution < 1.29 is 32.4 Å². The highest BCUT2D eigenvalue weighted by molar-refractivity contribution is 7.89. The minimum Gasteiger partial charge on any atom is -0.507 e. The lowest BCUT2D eigenvalue weighted by Crippen LogP contribution is -3.05. The predicted octanol–water partition coefficient (Wildman–Crippen LogP) is 1.03. The number of aliphatic hydroxyl groups excluding tert-OH is 1. The highest BCUT2D eigenvalue weighted by Gasteiger charge is 2.45. The van der Waals surface area contributed by atoms with Crippen molar-refractivity contribution in [1.82, 2.24) is 9.21 Å². The largest absolute Gasteiger partial charge is 0.507 e. The molecule has 1 aliphatic heterocycles. The fourth-order valence-electron chi connectivity index (χ4n) is 3.86. The molecule has 10 heteroatoms. The Morgan fingerprint density at radius 2 is 1.65 bits per heavy atom. The summed E-state index contributed by atoms with van der Waals surface area (Å²) < 4.78 is 39.3. The molecule has 0 aromatic heterocycles. The van der Waals surface area contributed by atoms with Crippen molar-refractivity contribution >= 4 is 27.5 Å². The van der Waals surface area contributed by atoms with Gasteiger partial charge in [0, 0.05) is 32.6 Å². The van der Waals surface area contributed by atoms with E-state index in [1.807, 2.05) is 14.1 Å². The number of halogens is 1. The number of sulfonamides is 1. The molecule has 1 saturated heterocycles. The average molecular weight is 491 g/mol. The number of likely N-dealkylation sites (tertiary alicyclic amines) is 1. The van der Waals surface area contributed by atoms with E-state index in [9.17, 15) is 27.5 Å². The number of amides is 1. The molecule has 34 heavy (non-hydrogen) atoms. The molecule has 3 rings (SSSR count). The number of aliphatic hydroxyl groups is 1. The van der Waals surface area contributed by atoms with Crippen LogP contribution >= 0.6 is 0 Å². The molecule has 1 fully saturated rings. The summed E-state index contributed by atoms with van der Waals surface area (Å²) in [5.74, 6) is -2.46. The molecule has 0 bridgehead atoms. The molecule has 2 aromatic rings. The summed E-state index contributed by atoms with van der Waals surface area (Å²) in [4.78, 5) is 28.5. The Morgan fingerprint density at radius 3 is 2.18 bits per heavy atom. The molecule has 2 N–H and O–H groups in total. The van der Waals surface area contributed by atoms with Gasteiger partial charge in [0.2, 0.25) is 10.0 Å². The summed E-state index contributed by atoms with van der Waals surface area (Å²) in [6.45, 7) is 1.05. The van der Waals surface area contributed by atoms with Crippen molar-refractivity contribution in [3.8, 4) is 0 Å². The van der Waals surface area contributed by atoms with Crippen LogP contribution in [0.1, 0.15) is 23.6 Å². The Bertz CT molecular complexity index is 1210. The van der Waals surface area contributed by atoms with Gasteiger partial charge in [-0.3, -0.25) is 9.59 Å². The zero-order valence-electron chi connectivity index (χ0n) is 19.6. The van der Waals surface area contributed by atoms with Crippen molar-refractivity contribution in [1.29, 1.82) is 0 Å². The molecule has 1 heterocycles. The normalized spacial score (nSPS) is 18.3. The second-order valence-corrected chi connectivity index (χ2v) is 10.8. The van der Waals surface area contributed by atoms with Crippen LogP contribution in [0, 0.1) is 5.82 Å². The fraction of sp³-hybridized carbons (Fsp3) is 0.333. The summed E-state index contributed by atoms with van der Waals surface area (Å²) in [6, 6.07) is 9.97. The fourth-order valence-corrected chi connectivity index (χ4v) is 4.76. The van der Waals surface area contributed by atoms with Crippen LogP contribution in [0.4, 0.5) is 4.39 Å². The molecule has 0 unspecified atom stereocenters. The number of nitrogens with zero attached hydrogens (tertiary/aromatic N) is 2. The lowest BCUT2D eigenvalue weighted by atomic mass is 9.95. The lowest BCUT2D eigenvalue weighted by molar-refractivity contribution is -0.858. The summed E-state index contributed by atoms with van der Waals surface area (Å²) in [6.07, 6.45) is 0.629. The Labute approximate surface area is 198 Å². The third kappa shape index (κ3) is 5.03. The second-order valence-electron chi connectivity index (χ2n) is 8.67. The lowest BCUT2D eigenvalue weighted by Gasteiger charge is -2.25. The van der Waals surface area contributed by atoms with Crippen molar-refractivity contribution in [2.45, 2.75) is 17.4 Å². The maximum absolute atomic E-state index is 13.6. The zero-order chi connectivity index (χ0) is 25.2. The minimum absolute atomic E-state index is 0.0239. The summed E-state index contributed by atoms with van der Waals surface area (Å²) in [7, 11) is 3.10. The first-order chi connectivity index (χ1) is 15.9. The monoisotopic (exact) mass is 490 g/mol. The number of nitrogens with one attached hydrogen (secondary N) is 1. The quantitative estimate of drug-likeness (QED) is 0.327. The topological polar surface area (TPSA) is 99.4 Å². The highest BCUT2D eigenvalue weighted by atomic mass is 32.2. The van der Waals surface area contributed by atoms with E-state index in [-0.39, 0.29) is 22.6 Å². The van der Waals surface area contributed by atoms with Crippen LogP contribution < -0.4 is 4.90 Å². The molecule has 182 valence electrons. The van der Waals surface area contributed by atoms with Crippen molar-refractivity contribution in [2.75, 3.05) is 41.3 Å². The van der Waals surface area contributed by atoms with Crippen molar-refractivity contribution in [2.24, 2.45) is 0 Å². The highest BCUT2D eigenvalue weighted by Crippen LogP contribution is 2.39. The summed E-state index contributed by atoms with van der Waals surface area (Å²) in [5, 5.41) is 11.1. The first-order valence-corrected chi connectivity index (χ1v) is 12.2. The molecular weight excluding hydrogens is 461 g/mol. The zero-order valence-corrected chi connectivity index (χ0v) is 20.4. The van der Waals surface area contributed by atoms with E-state index in [1.165, 1.54) is 72.4 Å². The molecule has 0 spiro atoms. The number of Topliss-reactive ketones (excluding diaryl/α,β-unsaturated/α-hetero) is 1. The van der Waals surface area contributed by atoms with Crippen molar-refractivity contribution in [3.05, 3.63) is 71.0 Å². The number of ketones is 1. The maximum atomic E-state index is 13.6. The van der Waals surface area contributed by atoms with Gasteiger partial charge < -0.3 is 14.9 Å². The third-order valence-corrected chi connectivity index (χ3v) is 7.54. The van der Waals surface area contributed by atoms with E-state index >= 15 is 0 Å². The molecule has 0 aliphatic carbocycles. The van der Waals surface area contributed by atoms with Crippen LogP contribution in [0.3, 0.4) is 0 Å². The van der Waals surface area contributed by atoms with Gasteiger partial charge in [-0.05, 0) is 42.0 Å². The Kier molecular flexibility index (Phi) is 7.54. The van der Waals surface area contributed by atoms with Crippen LogP contribution in [0.25, 0.3) is 5.76 Å². The SMILES string of the molecule is CN(C)S(=O)(=O)c1ccc(C(O)=C2C(=O)C(=O)N(CCC[NH+](C)C)[C@@H]2c2ccc(F)cc2)cc1. The standard InChI is InChI=1S/C24H28FN3O5S/c1-26(2)14-5-15-28-21(16-6-10-18(25)11-7-16)20(23(30)24(28)31)22(29)17-8-12-19(13-9-17)34(32,33)27(3)4/h6-13,21,29H,5,14-15H2,1-4H3/p+1/t21-/m1/s1. The number of benzene rings is 2. The number of quaternary nitrogens is 1. The number of hydrogen-bond donors (Lipinski definition) is 2. The number of rotatable bonds is 8. The molecule has 1 amide bonds. The van der Waals surface area contributed by atoms with E-state index in [0.717, 1.165) is 10.8 Å². The maximum Gasteiger partial charge on any atom is 0.295 e. The van der Waals surface area contributed by atoms with Crippen LogP contribution in [0.2, 0.25) is 0 Å². The number of carbonyl (C=O) groups is 2. The van der Waals surface area contributed by atoms with E-state index in [0.29, 0.717) is 12.0 Å². The molecule has 1 atom stereocenters. The minimum atomic E-state index is -3.67. The van der Waals surface area contributed by atoms with Gasteiger partial charge in [-0.2, -0.15) is 0 Å². The van der Waals surface area contributed by atoms with Gasteiger partial charge in [0.15, 0.2) is 0 Å². The van der Waals surface area contributed by atoms with Crippen LogP contribution in [0.15, 0.2) is 59.0 Å². The van der Waals surface area contributed by atoms with Gasteiger partial charge >= 0.3 is 0 Å². The Balaban J connectivity index is 2.08. The van der Waals surface area contributed by atoms with Gasteiger partial charge in [0.05, 0.1) is 37.2 Å². The van der Waals surface area contributed by atoms with Gasteiger partial charge in [-0.25, -0.2) is 17.1 Å². The van der Waals surface area contributed by atoms with Crippen LogP contribution in [0.5, 0.6) is 0 Å². The first kappa shape index (κ1) is 25.5. The van der Waals surface area contributed by atoms with Gasteiger partial charge in [0.1, 0.15) is 11.6 Å². The summed E-state index contributed by atoms with van der Waals surface area (Å²) in [5.41, 5.74) is 0.573. The third-order valence-electron chi connectivity index (χ3n) is 5.71. The molecule has 0 saturated carbocycles. The molecule has 1 aliphatic rings. The van der Waals surface area contributed by atoms with E-state index < -0.39 is 39.3 Å².